The zero-order chi connectivity index (χ0) is 21.2. The Kier molecular flexibility index (Phi) is 5.50. The number of aryl methyl sites for hydroxylation is 1. The molecule has 0 aliphatic carbocycles. The Hall–Kier alpha value is -3.47. The Morgan fingerprint density at radius 1 is 1.21 bits per heavy atom. The van der Waals surface area contributed by atoms with Crippen molar-refractivity contribution in [2.75, 3.05) is 11.9 Å². The van der Waals surface area contributed by atoms with Gasteiger partial charge in [0, 0.05) is 29.2 Å². The summed E-state index contributed by atoms with van der Waals surface area (Å²) in [5.41, 5.74) is 0.399. The average molecular weight is 401 g/mol. The Bertz CT molecular complexity index is 1090. The Morgan fingerprint density at radius 3 is 2.48 bits per heavy atom. The second-order valence-electron chi connectivity index (χ2n) is 6.49. The summed E-state index contributed by atoms with van der Waals surface area (Å²) in [5, 5.41) is 2.67. The summed E-state index contributed by atoms with van der Waals surface area (Å²) in [7, 11) is 0. The number of amides is 1. The van der Waals surface area contributed by atoms with Crippen molar-refractivity contribution in [3.8, 4) is 5.75 Å². The summed E-state index contributed by atoms with van der Waals surface area (Å²) in [6.07, 6.45) is -4.61. The van der Waals surface area contributed by atoms with Gasteiger partial charge in [-0.3, -0.25) is 4.79 Å². The summed E-state index contributed by atoms with van der Waals surface area (Å²) in [5.74, 6) is 0.410. The summed E-state index contributed by atoms with van der Waals surface area (Å²) in [4.78, 5) is 14.1. The van der Waals surface area contributed by atoms with E-state index >= 15 is 0 Å². The predicted octanol–water partition coefficient (Wildman–Crippen LogP) is 5.56. The van der Waals surface area contributed by atoms with Crippen LogP contribution in [0.3, 0.4) is 0 Å². The van der Waals surface area contributed by atoms with Gasteiger partial charge >= 0.3 is 6.18 Å². The zero-order valence-corrected chi connectivity index (χ0v) is 15.8. The van der Waals surface area contributed by atoms with Crippen LogP contribution in [0.5, 0.6) is 5.75 Å². The minimum atomic E-state index is -4.61. The fraction of sp³-hybridized carbons (Fsp3) is 0.238. The van der Waals surface area contributed by atoms with Crippen LogP contribution in [0.2, 0.25) is 0 Å². The summed E-state index contributed by atoms with van der Waals surface area (Å²) < 4.78 is 47.9. The first-order valence-electron chi connectivity index (χ1n) is 8.78. The minimum Gasteiger partial charge on any atom is -0.492 e. The highest BCUT2D eigenvalue weighted by Crippen LogP contribution is 2.42. The van der Waals surface area contributed by atoms with E-state index in [1.807, 2.05) is 0 Å². The number of halogens is 3. The molecule has 0 aliphatic rings. The van der Waals surface area contributed by atoms with Crippen LogP contribution in [-0.2, 0) is 17.5 Å². The molecule has 8 heteroatoms. The molecule has 0 radical (unpaired) electrons. The molecule has 1 heterocycles. The van der Waals surface area contributed by atoms with Crippen LogP contribution < -0.4 is 10.1 Å². The number of hydrogen-bond donors (Lipinski definition) is 1. The van der Waals surface area contributed by atoms with Gasteiger partial charge in [0.25, 0.3) is 0 Å². The number of alkyl halides is 3. The van der Waals surface area contributed by atoms with Crippen molar-refractivity contribution in [3.05, 3.63) is 65.1 Å². The number of ether oxygens (including phenoxy) is 1. The highest BCUT2D eigenvalue weighted by atomic mass is 19.4. The lowest BCUT2D eigenvalue weighted by Gasteiger charge is -2.13. The van der Waals surface area contributed by atoms with E-state index < -0.39 is 17.4 Å². The first-order chi connectivity index (χ1) is 13.7. The molecule has 3 aromatic rings. The number of carbonyl (C=O) groups is 1. The Balaban J connectivity index is 1.80. The van der Waals surface area contributed by atoms with Crippen molar-refractivity contribution >= 4 is 28.2 Å². The lowest BCUT2D eigenvalue weighted by Crippen LogP contribution is -2.10. The van der Waals surface area contributed by atoms with Gasteiger partial charge in [-0.15, -0.1) is 0 Å². The number of rotatable bonds is 5. The Labute approximate surface area is 165 Å². The number of carbonyl (C=O) groups excluding carboxylic acids is 1. The van der Waals surface area contributed by atoms with Gasteiger partial charge in [-0.1, -0.05) is 6.07 Å². The number of nitrogens with one attached hydrogen (secondary N) is 1. The smallest absolute Gasteiger partial charge is 0.408 e. The van der Waals surface area contributed by atoms with Gasteiger partial charge in [-0.05, 0) is 43.3 Å². The van der Waals surface area contributed by atoms with E-state index in [2.05, 4.69) is 10.2 Å². The van der Waals surface area contributed by atoms with Crippen molar-refractivity contribution in [1.29, 1.82) is 0 Å². The second-order valence-corrected chi connectivity index (χ2v) is 6.49. The molecule has 1 amide bonds. The van der Waals surface area contributed by atoms with Crippen LogP contribution in [0, 0.1) is 13.5 Å². The molecule has 0 bridgehead atoms. The number of anilines is 1. The third kappa shape index (κ3) is 4.35. The van der Waals surface area contributed by atoms with Gasteiger partial charge in [0.1, 0.15) is 12.4 Å². The quantitative estimate of drug-likeness (QED) is 0.569. The first-order valence-corrected chi connectivity index (χ1v) is 8.78. The second kappa shape index (κ2) is 7.87. The van der Waals surface area contributed by atoms with Crippen LogP contribution in [-0.4, -0.2) is 17.1 Å². The number of aromatic nitrogens is 1. The van der Waals surface area contributed by atoms with E-state index in [0.29, 0.717) is 29.2 Å². The highest BCUT2D eigenvalue weighted by molar-refractivity contribution is 5.90. The van der Waals surface area contributed by atoms with E-state index in [4.69, 9.17) is 11.3 Å². The normalized spacial score (nSPS) is 11.3. The largest absolute Gasteiger partial charge is 0.492 e. The molecule has 29 heavy (non-hydrogen) atoms. The topological polar surface area (TPSA) is 47.6 Å². The highest BCUT2D eigenvalue weighted by Gasteiger charge is 2.36. The van der Waals surface area contributed by atoms with E-state index in [-0.39, 0.29) is 17.9 Å². The molecule has 0 spiro atoms. The molecule has 0 saturated heterocycles. The van der Waals surface area contributed by atoms with Crippen molar-refractivity contribution in [2.45, 2.75) is 26.6 Å². The van der Waals surface area contributed by atoms with E-state index in [0.717, 1.165) is 0 Å². The number of benzene rings is 2. The van der Waals surface area contributed by atoms with E-state index in [1.165, 1.54) is 25.1 Å². The molecule has 0 unspecified atom stereocenters. The number of hydrogen-bond acceptors (Lipinski definition) is 2. The maximum absolute atomic E-state index is 13.5. The molecule has 150 valence electrons. The van der Waals surface area contributed by atoms with Gasteiger partial charge in [-0.25, -0.2) is 4.85 Å². The third-order valence-electron chi connectivity index (χ3n) is 4.43. The first kappa shape index (κ1) is 20.3. The van der Waals surface area contributed by atoms with Crippen LogP contribution in [0.4, 0.5) is 24.5 Å². The molecule has 5 nitrogen and oxygen atoms in total. The van der Waals surface area contributed by atoms with E-state index in [1.54, 1.807) is 35.8 Å². The molecule has 0 atom stereocenters. The molecular weight excluding hydrogens is 383 g/mol. The molecule has 0 saturated carbocycles. The lowest BCUT2D eigenvalue weighted by molar-refractivity contribution is -0.135. The van der Waals surface area contributed by atoms with Gasteiger partial charge in [0.05, 0.1) is 18.7 Å². The van der Waals surface area contributed by atoms with E-state index in [9.17, 15) is 18.0 Å². The van der Waals surface area contributed by atoms with Gasteiger partial charge in [-0.2, -0.15) is 13.2 Å². The number of nitrogens with zero attached hydrogens (tertiary/aromatic N) is 2. The summed E-state index contributed by atoms with van der Waals surface area (Å²) in [6, 6.07) is 11.0. The third-order valence-corrected chi connectivity index (χ3v) is 4.43. The maximum atomic E-state index is 13.5. The fourth-order valence-corrected chi connectivity index (χ4v) is 3.24. The SMILES string of the molecule is [C-]#[N+]c1ccc2c(cc(C)n2CCOc2ccc(NC(C)=O)cc2)c1C(F)(F)F. The van der Waals surface area contributed by atoms with Crippen LogP contribution >= 0.6 is 0 Å². The van der Waals surface area contributed by atoms with Gasteiger partial charge in [0.2, 0.25) is 5.91 Å². The standard InChI is InChI=1S/C21H18F3N3O2/c1-13-12-17-19(9-8-18(25-3)20(17)21(22,23)24)27(13)10-11-29-16-6-4-15(5-7-16)26-14(2)28/h4-9,12H,10-11H2,1-2H3,(H,26,28). The van der Waals surface area contributed by atoms with Crippen LogP contribution in [0.1, 0.15) is 18.2 Å². The average Bonchev–Trinajstić information content (AvgIpc) is 2.96. The molecule has 0 aliphatic heterocycles. The summed E-state index contributed by atoms with van der Waals surface area (Å²) in [6.45, 7) is 10.8. The van der Waals surface area contributed by atoms with Crippen LogP contribution in [0.25, 0.3) is 15.7 Å². The van der Waals surface area contributed by atoms with Crippen molar-refractivity contribution in [2.24, 2.45) is 0 Å². The Morgan fingerprint density at radius 2 is 1.90 bits per heavy atom. The molecule has 3 rings (SSSR count). The van der Waals surface area contributed by atoms with Crippen molar-refractivity contribution in [3.63, 3.8) is 0 Å². The molecule has 2 aromatic carbocycles. The fourth-order valence-electron chi connectivity index (χ4n) is 3.24. The minimum absolute atomic E-state index is 0.0168. The van der Waals surface area contributed by atoms with Crippen LogP contribution in [0.15, 0.2) is 42.5 Å². The van der Waals surface area contributed by atoms with Crippen molar-refractivity contribution < 1.29 is 22.7 Å². The zero-order valence-electron chi connectivity index (χ0n) is 15.8. The maximum Gasteiger partial charge on any atom is 0.408 e. The van der Waals surface area contributed by atoms with Gasteiger partial charge < -0.3 is 14.6 Å². The summed E-state index contributed by atoms with van der Waals surface area (Å²) >= 11 is 0. The monoisotopic (exact) mass is 401 g/mol. The molecule has 1 N–H and O–H groups in total. The molecule has 1 aromatic heterocycles. The lowest BCUT2D eigenvalue weighted by atomic mass is 10.1. The van der Waals surface area contributed by atoms with Crippen molar-refractivity contribution in [1.82, 2.24) is 4.57 Å². The molecular formula is C21H18F3N3O2. The van der Waals surface area contributed by atoms with Gasteiger partial charge in [0.15, 0.2) is 5.69 Å². The molecule has 0 fully saturated rings. The number of fused-ring (bicyclic) bond motifs is 1. The predicted molar refractivity (Wildman–Crippen MR) is 104 cm³/mol.